The highest BCUT2D eigenvalue weighted by atomic mass is 16.6. The largest absolute Gasteiger partial charge is 0.377 e. The second kappa shape index (κ2) is 7.97. The molecule has 2 aromatic rings. The average molecular weight is 337 g/mol. The average Bonchev–Trinajstić information content (AvgIpc) is 2.58. The number of carbonyl (C=O) groups excluding carboxylic acids is 1. The summed E-state index contributed by atoms with van der Waals surface area (Å²) in [4.78, 5) is 24.5. The molecule has 6 nitrogen and oxygen atoms in total. The van der Waals surface area contributed by atoms with E-state index >= 15 is 0 Å². The van der Waals surface area contributed by atoms with Crippen LogP contribution in [0.15, 0.2) is 42.5 Å². The fourth-order valence-electron chi connectivity index (χ4n) is 2.28. The van der Waals surface area contributed by atoms with Gasteiger partial charge in [0.1, 0.15) is 0 Å². The summed E-state index contributed by atoms with van der Waals surface area (Å²) >= 11 is 0. The Labute approximate surface area is 146 Å². The van der Waals surface area contributed by atoms with Gasteiger partial charge in [-0.3, -0.25) is 14.9 Å². The van der Waals surface area contributed by atoms with Crippen LogP contribution in [0, 0.1) is 28.9 Å². The van der Waals surface area contributed by atoms with Crippen LogP contribution in [-0.4, -0.2) is 31.5 Å². The quantitative estimate of drug-likeness (QED) is 0.529. The van der Waals surface area contributed by atoms with E-state index in [1.54, 1.807) is 19.1 Å². The van der Waals surface area contributed by atoms with Gasteiger partial charge in [0.25, 0.3) is 11.6 Å². The first kappa shape index (κ1) is 18.0. The normalized spacial score (nSPS) is 9.72. The third-order valence-electron chi connectivity index (χ3n) is 3.61. The summed E-state index contributed by atoms with van der Waals surface area (Å²) in [6.45, 7) is 1.79. The number of carbonyl (C=O) groups is 1. The molecular formula is C19H19N3O3. The Balaban J connectivity index is 2.05. The molecule has 6 heteroatoms. The molecule has 2 aromatic carbocycles. The van der Waals surface area contributed by atoms with Crippen molar-refractivity contribution in [1.82, 2.24) is 5.32 Å². The molecule has 0 saturated heterocycles. The van der Waals surface area contributed by atoms with E-state index in [1.165, 1.54) is 6.07 Å². The number of para-hydroxylation sites is 1. The number of rotatable bonds is 4. The Morgan fingerprint density at radius 1 is 1.24 bits per heavy atom. The summed E-state index contributed by atoms with van der Waals surface area (Å²) in [5.74, 6) is 5.54. The molecule has 0 saturated carbocycles. The maximum atomic E-state index is 12.1. The zero-order valence-corrected chi connectivity index (χ0v) is 14.4. The van der Waals surface area contributed by atoms with Crippen LogP contribution in [0.5, 0.6) is 0 Å². The molecule has 0 aliphatic heterocycles. The number of nitrogens with one attached hydrogen (secondary N) is 1. The van der Waals surface area contributed by atoms with Gasteiger partial charge in [0.15, 0.2) is 0 Å². The fourth-order valence-corrected chi connectivity index (χ4v) is 2.28. The van der Waals surface area contributed by atoms with E-state index < -0.39 is 10.8 Å². The molecule has 1 N–H and O–H groups in total. The molecule has 0 aromatic heterocycles. The molecule has 0 bridgehead atoms. The SMILES string of the molecule is Cc1ccc(C(=O)NCC#Cc2ccccc2N(C)C)cc1[N+](=O)[O-]. The molecule has 128 valence electrons. The standard InChI is InChI=1S/C19H19N3O3/c1-14-10-11-16(13-18(14)22(24)25)19(23)20-12-6-8-15-7-4-5-9-17(15)21(2)3/h4-5,7,9-11,13H,12H2,1-3H3,(H,20,23). The van der Waals surface area contributed by atoms with Crippen molar-refractivity contribution in [3.8, 4) is 11.8 Å². The zero-order chi connectivity index (χ0) is 18.4. The van der Waals surface area contributed by atoms with Gasteiger partial charge in [-0.15, -0.1) is 0 Å². The maximum Gasteiger partial charge on any atom is 0.273 e. The highest BCUT2D eigenvalue weighted by molar-refractivity contribution is 5.95. The van der Waals surface area contributed by atoms with Gasteiger partial charge in [0.2, 0.25) is 0 Å². The summed E-state index contributed by atoms with van der Waals surface area (Å²) in [6, 6.07) is 12.1. The van der Waals surface area contributed by atoms with E-state index in [1.807, 2.05) is 43.3 Å². The minimum absolute atomic E-state index is 0.0707. The molecule has 0 atom stereocenters. The molecule has 0 fully saturated rings. The number of hydrogen-bond donors (Lipinski definition) is 1. The smallest absolute Gasteiger partial charge is 0.273 e. The summed E-state index contributed by atoms with van der Waals surface area (Å²) in [5, 5.41) is 13.6. The van der Waals surface area contributed by atoms with E-state index in [9.17, 15) is 14.9 Å². The molecule has 1 amide bonds. The number of benzene rings is 2. The van der Waals surface area contributed by atoms with E-state index in [0.29, 0.717) is 5.56 Å². The van der Waals surface area contributed by atoms with Gasteiger partial charge < -0.3 is 10.2 Å². The fraction of sp³-hybridized carbons (Fsp3) is 0.211. The lowest BCUT2D eigenvalue weighted by atomic mass is 10.1. The van der Waals surface area contributed by atoms with Crippen LogP contribution in [0.2, 0.25) is 0 Å². The number of nitro benzene ring substituents is 1. The van der Waals surface area contributed by atoms with Crippen LogP contribution in [0.3, 0.4) is 0 Å². The molecular weight excluding hydrogens is 318 g/mol. The minimum atomic E-state index is -0.496. The molecule has 2 rings (SSSR count). The number of amides is 1. The van der Waals surface area contributed by atoms with Gasteiger partial charge in [0.05, 0.1) is 17.2 Å². The molecule has 0 aliphatic carbocycles. The van der Waals surface area contributed by atoms with Gasteiger partial charge in [-0.05, 0) is 25.1 Å². The second-order valence-corrected chi connectivity index (χ2v) is 5.65. The van der Waals surface area contributed by atoms with E-state index in [2.05, 4.69) is 17.2 Å². The van der Waals surface area contributed by atoms with Gasteiger partial charge in [-0.25, -0.2) is 0 Å². The first-order valence-corrected chi connectivity index (χ1v) is 7.68. The highest BCUT2D eigenvalue weighted by Crippen LogP contribution is 2.19. The minimum Gasteiger partial charge on any atom is -0.377 e. The van der Waals surface area contributed by atoms with Gasteiger partial charge >= 0.3 is 0 Å². The van der Waals surface area contributed by atoms with Crippen LogP contribution in [-0.2, 0) is 0 Å². The van der Waals surface area contributed by atoms with Crippen molar-refractivity contribution in [2.24, 2.45) is 0 Å². The lowest BCUT2D eigenvalue weighted by molar-refractivity contribution is -0.385. The first-order valence-electron chi connectivity index (χ1n) is 7.68. The molecule has 0 spiro atoms. The van der Waals surface area contributed by atoms with E-state index in [4.69, 9.17) is 0 Å². The third kappa shape index (κ3) is 4.58. The highest BCUT2D eigenvalue weighted by Gasteiger charge is 2.14. The zero-order valence-electron chi connectivity index (χ0n) is 14.4. The monoisotopic (exact) mass is 337 g/mol. The number of nitrogens with zero attached hydrogens (tertiary/aromatic N) is 2. The Morgan fingerprint density at radius 2 is 1.96 bits per heavy atom. The Kier molecular flexibility index (Phi) is 5.75. The second-order valence-electron chi connectivity index (χ2n) is 5.65. The van der Waals surface area contributed by atoms with Crippen LogP contribution in [0.4, 0.5) is 11.4 Å². The van der Waals surface area contributed by atoms with Crippen LogP contribution >= 0.6 is 0 Å². The predicted molar refractivity (Wildman–Crippen MR) is 97.8 cm³/mol. The number of anilines is 1. The van der Waals surface area contributed by atoms with Crippen molar-refractivity contribution >= 4 is 17.3 Å². The lowest BCUT2D eigenvalue weighted by Crippen LogP contribution is -2.23. The summed E-state index contributed by atoms with van der Waals surface area (Å²) in [6.07, 6.45) is 0. The number of nitro groups is 1. The van der Waals surface area contributed by atoms with Crippen LogP contribution in [0.1, 0.15) is 21.5 Å². The summed E-state index contributed by atoms with van der Waals surface area (Å²) in [7, 11) is 3.87. The number of hydrogen-bond acceptors (Lipinski definition) is 4. The molecule has 0 radical (unpaired) electrons. The van der Waals surface area contributed by atoms with Crippen molar-refractivity contribution in [2.75, 3.05) is 25.5 Å². The first-order chi connectivity index (χ1) is 11.9. The van der Waals surface area contributed by atoms with Crippen molar-refractivity contribution < 1.29 is 9.72 Å². The molecule has 0 aliphatic rings. The lowest BCUT2D eigenvalue weighted by Gasteiger charge is -2.13. The maximum absolute atomic E-state index is 12.1. The summed E-state index contributed by atoms with van der Waals surface area (Å²) < 4.78 is 0. The van der Waals surface area contributed by atoms with Crippen LogP contribution in [0.25, 0.3) is 0 Å². The Hall–Kier alpha value is -3.33. The summed E-state index contributed by atoms with van der Waals surface area (Å²) in [5.41, 5.74) is 2.55. The van der Waals surface area contributed by atoms with Crippen LogP contribution < -0.4 is 10.2 Å². The van der Waals surface area contributed by atoms with Crippen molar-refractivity contribution in [3.63, 3.8) is 0 Å². The molecule has 0 heterocycles. The predicted octanol–water partition coefficient (Wildman–Crippen LogP) is 2.75. The van der Waals surface area contributed by atoms with Crippen molar-refractivity contribution in [3.05, 3.63) is 69.3 Å². The van der Waals surface area contributed by atoms with Crippen molar-refractivity contribution in [2.45, 2.75) is 6.92 Å². The Bertz CT molecular complexity index is 864. The van der Waals surface area contributed by atoms with Gasteiger partial charge in [0, 0.05) is 36.9 Å². The van der Waals surface area contributed by atoms with Gasteiger partial charge in [-0.1, -0.05) is 30.0 Å². The van der Waals surface area contributed by atoms with E-state index in [0.717, 1.165) is 11.3 Å². The molecule has 0 unspecified atom stereocenters. The Morgan fingerprint density at radius 3 is 2.64 bits per heavy atom. The van der Waals surface area contributed by atoms with E-state index in [-0.39, 0.29) is 17.8 Å². The van der Waals surface area contributed by atoms with Crippen molar-refractivity contribution in [1.29, 1.82) is 0 Å². The molecule has 25 heavy (non-hydrogen) atoms. The topological polar surface area (TPSA) is 75.5 Å². The third-order valence-corrected chi connectivity index (χ3v) is 3.61. The van der Waals surface area contributed by atoms with Gasteiger partial charge in [-0.2, -0.15) is 0 Å². The number of aryl methyl sites for hydroxylation is 1.